The van der Waals surface area contributed by atoms with Crippen molar-refractivity contribution in [2.24, 2.45) is 0 Å². The van der Waals surface area contributed by atoms with Crippen molar-refractivity contribution in [2.75, 3.05) is 12.4 Å². The number of halogens is 1. The van der Waals surface area contributed by atoms with Gasteiger partial charge in [-0.25, -0.2) is 4.79 Å². The number of hydrogen-bond donors (Lipinski definition) is 1. The van der Waals surface area contributed by atoms with E-state index in [0.717, 1.165) is 0 Å². The number of esters is 1. The summed E-state index contributed by atoms with van der Waals surface area (Å²) in [5.41, 5.74) is 0.427. The first-order valence-corrected chi connectivity index (χ1v) is 4.55. The van der Waals surface area contributed by atoms with Crippen LogP contribution >= 0.6 is 11.6 Å². The molecule has 0 unspecified atom stereocenters. The van der Waals surface area contributed by atoms with Crippen molar-refractivity contribution in [1.82, 2.24) is 0 Å². The van der Waals surface area contributed by atoms with Crippen LogP contribution in [0.25, 0.3) is 0 Å². The first kappa shape index (κ1) is 12.0. The van der Waals surface area contributed by atoms with Crippen LogP contribution in [0.1, 0.15) is 10.4 Å². The Morgan fingerprint density at radius 3 is 2.75 bits per heavy atom. The summed E-state index contributed by atoms with van der Waals surface area (Å²) in [5, 5.41) is 10.8. The van der Waals surface area contributed by atoms with Gasteiger partial charge in [0.15, 0.2) is 6.07 Å². The molecule has 0 radical (unpaired) electrons. The number of methoxy groups -OCH3 is 1. The van der Waals surface area contributed by atoms with Crippen LogP contribution in [0.15, 0.2) is 18.2 Å². The highest BCUT2D eigenvalue weighted by atomic mass is 35.5. The molecular formula is C10H7ClN2O3. The van der Waals surface area contributed by atoms with Crippen molar-refractivity contribution in [2.45, 2.75) is 0 Å². The van der Waals surface area contributed by atoms with E-state index in [1.165, 1.54) is 31.4 Å². The van der Waals surface area contributed by atoms with E-state index in [4.69, 9.17) is 16.9 Å². The van der Waals surface area contributed by atoms with Crippen LogP contribution in [-0.2, 0) is 9.53 Å². The molecule has 0 spiro atoms. The maximum absolute atomic E-state index is 11.2. The number of amides is 1. The minimum atomic E-state index is -0.857. The minimum absolute atomic E-state index is 0.191. The number of carbonyl (C=O) groups is 2. The largest absolute Gasteiger partial charge is 0.465 e. The number of anilines is 1. The molecule has 0 aromatic heterocycles. The highest BCUT2D eigenvalue weighted by molar-refractivity contribution is 6.34. The van der Waals surface area contributed by atoms with E-state index in [1.54, 1.807) is 0 Å². The van der Waals surface area contributed by atoms with Crippen molar-refractivity contribution >= 4 is 29.2 Å². The molecular weight excluding hydrogens is 232 g/mol. The Balaban J connectivity index is 3.05. The van der Waals surface area contributed by atoms with Gasteiger partial charge >= 0.3 is 11.9 Å². The zero-order chi connectivity index (χ0) is 12.1. The fourth-order valence-electron chi connectivity index (χ4n) is 1.02. The number of nitrogens with one attached hydrogen (secondary N) is 1. The van der Waals surface area contributed by atoms with E-state index < -0.39 is 11.9 Å². The lowest BCUT2D eigenvalue weighted by atomic mass is 10.2. The predicted octanol–water partition coefficient (Wildman–Crippen LogP) is 1.59. The maximum Gasteiger partial charge on any atom is 0.337 e. The van der Waals surface area contributed by atoms with Gasteiger partial charge in [-0.1, -0.05) is 11.6 Å². The lowest BCUT2D eigenvalue weighted by Gasteiger charge is -2.05. The molecule has 0 saturated heterocycles. The third-order valence-corrected chi connectivity index (χ3v) is 2.07. The molecule has 0 atom stereocenters. The quantitative estimate of drug-likeness (QED) is 0.627. The average Bonchev–Trinajstić information content (AvgIpc) is 2.30. The van der Waals surface area contributed by atoms with Crippen molar-refractivity contribution < 1.29 is 14.3 Å². The molecule has 1 aromatic rings. The zero-order valence-corrected chi connectivity index (χ0v) is 9.04. The summed E-state index contributed by atoms with van der Waals surface area (Å²) >= 11 is 5.77. The van der Waals surface area contributed by atoms with Gasteiger partial charge in [0.05, 0.1) is 23.4 Å². The van der Waals surface area contributed by atoms with Crippen LogP contribution in [0.2, 0.25) is 5.02 Å². The topological polar surface area (TPSA) is 79.2 Å². The first-order chi connectivity index (χ1) is 7.58. The second-order valence-corrected chi connectivity index (χ2v) is 3.16. The SMILES string of the molecule is COC(=O)c1ccc(Cl)c(NC(=O)C#N)c1. The van der Waals surface area contributed by atoms with Crippen LogP contribution in [0, 0.1) is 11.3 Å². The Hall–Kier alpha value is -2.06. The number of nitriles is 1. The Morgan fingerprint density at radius 2 is 2.19 bits per heavy atom. The van der Waals surface area contributed by atoms with Crippen molar-refractivity contribution in [3.63, 3.8) is 0 Å². The molecule has 82 valence electrons. The Morgan fingerprint density at radius 1 is 1.50 bits per heavy atom. The van der Waals surface area contributed by atoms with E-state index >= 15 is 0 Å². The van der Waals surface area contributed by atoms with Gasteiger partial charge in [0.25, 0.3) is 0 Å². The standard InChI is InChI=1S/C10H7ClN2O3/c1-16-10(15)6-2-3-7(11)8(4-6)13-9(14)5-12/h2-4H,1H3,(H,13,14). The number of carbonyl (C=O) groups excluding carboxylic acids is 2. The molecule has 0 aliphatic carbocycles. The summed E-state index contributed by atoms with van der Waals surface area (Å²) in [6.45, 7) is 0. The maximum atomic E-state index is 11.2. The molecule has 6 heteroatoms. The highest BCUT2D eigenvalue weighted by Crippen LogP contribution is 2.23. The molecule has 1 amide bonds. The predicted molar refractivity (Wildman–Crippen MR) is 57.0 cm³/mol. The van der Waals surface area contributed by atoms with Crippen LogP contribution in [0.5, 0.6) is 0 Å². The number of benzene rings is 1. The molecule has 1 N–H and O–H groups in total. The average molecular weight is 239 g/mol. The summed E-state index contributed by atoms with van der Waals surface area (Å²) < 4.78 is 4.50. The lowest BCUT2D eigenvalue weighted by molar-refractivity contribution is -0.111. The summed E-state index contributed by atoms with van der Waals surface area (Å²) in [6.07, 6.45) is 0. The van der Waals surface area contributed by atoms with Gasteiger partial charge in [0, 0.05) is 0 Å². The van der Waals surface area contributed by atoms with Gasteiger partial charge in [0.1, 0.15) is 0 Å². The van der Waals surface area contributed by atoms with Crippen molar-refractivity contribution in [3.8, 4) is 6.07 Å². The summed E-state index contributed by atoms with van der Waals surface area (Å²) in [5.74, 6) is -1.41. The number of nitrogens with zero attached hydrogens (tertiary/aromatic N) is 1. The smallest absolute Gasteiger partial charge is 0.337 e. The minimum Gasteiger partial charge on any atom is -0.465 e. The van der Waals surface area contributed by atoms with Crippen LogP contribution in [0.4, 0.5) is 5.69 Å². The van der Waals surface area contributed by atoms with Gasteiger partial charge in [-0.15, -0.1) is 0 Å². The van der Waals surface area contributed by atoms with E-state index in [2.05, 4.69) is 10.1 Å². The van der Waals surface area contributed by atoms with Crippen LogP contribution < -0.4 is 5.32 Å². The number of ether oxygens (including phenoxy) is 1. The molecule has 0 aliphatic heterocycles. The van der Waals surface area contributed by atoms with E-state index in [0.29, 0.717) is 0 Å². The van der Waals surface area contributed by atoms with Gasteiger partial charge < -0.3 is 10.1 Å². The van der Waals surface area contributed by atoms with Gasteiger partial charge in [-0.3, -0.25) is 4.79 Å². The molecule has 1 rings (SSSR count). The molecule has 0 heterocycles. The van der Waals surface area contributed by atoms with E-state index in [9.17, 15) is 9.59 Å². The lowest BCUT2D eigenvalue weighted by Crippen LogP contribution is -2.10. The molecule has 0 fully saturated rings. The zero-order valence-electron chi connectivity index (χ0n) is 8.28. The molecule has 5 nitrogen and oxygen atoms in total. The highest BCUT2D eigenvalue weighted by Gasteiger charge is 2.10. The third kappa shape index (κ3) is 2.72. The molecule has 16 heavy (non-hydrogen) atoms. The van der Waals surface area contributed by atoms with Gasteiger partial charge in [-0.2, -0.15) is 5.26 Å². The van der Waals surface area contributed by atoms with Crippen LogP contribution in [0.3, 0.4) is 0 Å². The van der Waals surface area contributed by atoms with E-state index in [1.807, 2.05) is 0 Å². The molecule has 1 aromatic carbocycles. The second-order valence-electron chi connectivity index (χ2n) is 2.75. The van der Waals surface area contributed by atoms with Crippen molar-refractivity contribution in [1.29, 1.82) is 5.26 Å². The Labute approximate surface area is 96.6 Å². The van der Waals surface area contributed by atoms with Crippen LogP contribution in [-0.4, -0.2) is 19.0 Å². The number of rotatable bonds is 2. The molecule has 0 bridgehead atoms. The fraction of sp³-hybridized carbons (Fsp3) is 0.100. The number of hydrogen-bond acceptors (Lipinski definition) is 4. The van der Waals surface area contributed by atoms with Gasteiger partial charge in [-0.05, 0) is 18.2 Å². The Kier molecular flexibility index (Phi) is 3.86. The van der Waals surface area contributed by atoms with E-state index in [-0.39, 0.29) is 16.3 Å². The molecule has 0 aliphatic rings. The summed E-state index contributed by atoms with van der Waals surface area (Å²) in [6, 6.07) is 5.60. The normalized spacial score (nSPS) is 9.06. The molecule has 0 saturated carbocycles. The summed E-state index contributed by atoms with van der Waals surface area (Å²) in [7, 11) is 1.24. The first-order valence-electron chi connectivity index (χ1n) is 4.17. The second kappa shape index (κ2) is 5.14. The Bertz CT molecular complexity index is 479. The monoisotopic (exact) mass is 238 g/mol. The van der Waals surface area contributed by atoms with Gasteiger partial charge in [0.2, 0.25) is 0 Å². The summed E-state index contributed by atoms with van der Waals surface area (Å²) in [4.78, 5) is 22.0. The fourth-order valence-corrected chi connectivity index (χ4v) is 1.18. The van der Waals surface area contributed by atoms with Crippen molar-refractivity contribution in [3.05, 3.63) is 28.8 Å². The third-order valence-electron chi connectivity index (χ3n) is 1.74.